The largest absolute Gasteiger partial charge is 0.368 e. The number of carbonyl (C=O) groups excluding carboxylic acids is 2. The van der Waals surface area contributed by atoms with Crippen LogP contribution in [0.3, 0.4) is 0 Å². The van der Waals surface area contributed by atoms with Crippen LogP contribution in [0.1, 0.15) is 26.2 Å². The molecule has 6 nitrogen and oxygen atoms in total. The second kappa shape index (κ2) is 7.71. The van der Waals surface area contributed by atoms with Crippen molar-refractivity contribution < 1.29 is 14.3 Å². The molecule has 0 bridgehead atoms. The van der Waals surface area contributed by atoms with E-state index in [1.165, 1.54) is 12.8 Å². The van der Waals surface area contributed by atoms with E-state index >= 15 is 0 Å². The first kappa shape index (κ1) is 14.5. The van der Waals surface area contributed by atoms with Crippen molar-refractivity contribution in [3.8, 4) is 0 Å². The number of nitrogens with one attached hydrogen (secondary N) is 3. The predicted octanol–water partition coefficient (Wildman–Crippen LogP) is 0.708. The topological polar surface area (TPSA) is 79.5 Å². The Labute approximate surface area is 107 Å². The summed E-state index contributed by atoms with van der Waals surface area (Å²) in [5, 5.41) is 2.67. The fraction of sp³-hybridized carbons (Fsp3) is 0.667. The summed E-state index contributed by atoms with van der Waals surface area (Å²) in [4.78, 5) is 22.8. The van der Waals surface area contributed by atoms with Crippen molar-refractivity contribution in [2.45, 2.75) is 32.3 Å². The summed E-state index contributed by atoms with van der Waals surface area (Å²) in [5.74, 6) is 0.230. The van der Waals surface area contributed by atoms with Gasteiger partial charge in [0.05, 0.1) is 6.61 Å². The maximum atomic E-state index is 11.5. The molecular formula is C12H21N3O3. The minimum Gasteiger partial charge on any atom is -0.368 e. The average Bonchev–Trinajstić information content (AvgIpc) is 3.17. The molecule has 1 fully saturated rings. The fourth-order valence-electron chi connectivity index (χ4n) is 1.23. The average molecular weight is 255 g/mol. The zero-order chi connectivity index (χ0) is 13.4. The van der Waals surface area contributed by atoms with Crippen molar-refractivity contribution in [2.75, 3.05) is 13.2 Å². The van der Waals surface area contributed by atoms with E-state index in [-0.39, 0.29) is 5.91 Å². The molecule has 18 heavy (non-hydrogen) atoms. The molecule has 0 aromatic heterocycles. The van der Waals surface area contributed by atoms with Crippen LogP contribution in [-0.2, 0) is 9.53 Å². The predicted molar refractivity (Wildman–Crippen MR) is 67.6 cm³/mol. The number of carbonyl (C=O) groups is 2. The molecule has 102 valence electrons. The molecule has 1 aliphatic carbocycles. The molecule has 0 spiro atoms. The monoisotopic (exact) mass is 255 g/mol. The highest BCUT2D eigenvalue weighted by Gasteiger charge is 2.21. The third kappa shape index (κ3) is 6.24. The fourth-order valence-corrected chi connectivity index (χ4v) is 1.23. The van der Waals surface area contributed by atoms with E-state index in [0.29, 0.717) is 25.5 Å². The minimum atomic E-state index is -0.603. The van der Waals surface area contributed by atoms with Gasteiger partial charge in [0.25, 0.3) is 5.91 Å². The molecule has 0 aliphatic heterocycles. The first-order chi connectivity index (χ1) is 8.63. The van der Waals surface area contributed by atoms with E-state index in [1.807, 2.05) is 0 Å². The SMILES string of the molecule is C=CCCOC(C)C(=O)NNC(=O)NCC1CC1. The van der Waals surface area contributed by atoms with E-state index in [2.05, 4.69) is 22.7 Å². The molecular weight excluding hydrogens is 234 g/mol. The first-order valence-corrected chi connectivity index (χ1v) is 6.19. The highest BCUT2D eigenvalue weighted by atomic mass is 16.5. The van der Waals surface area contributed by atoms with Gasteiger partial charge in [-0.25, -0.2) is 10.2 Å². The third-order valence-corrected chi connectivity index (χ3v) is 2.61. The Morgan fingerprint density at radius 2 is 2.17 bits per heavy atom. The maximum Gasteiger partial charge on any atom is 0.333 e. The van der Waals surface area contributed by atoms with Crippen molar-refractivity contribution in [1.29, 1.82) is 0 Å². The lowest BCUT2D eigenvalue weighted by atomic mass is 10.4. The molecule has 0 heterocycles. The van der Waals surface area contributed by atoms with Crippen LogP contribution in [0.15, 0.2) is 12.7 Å². The first-order valence-electron chi connectivity index (χ1n) is 6.19. The molecule has 0 aromatic carbocycles. The van der Waals surface area contributed by atoms with Gasteiger partial charge in [-0.15, -0.1) is 6.58 Å². The molecule has 3 N–H and O–H groups in total. The lowest BCUT2D eigenvalue weighted by Gasteiger charge is -2.13. The van der Waals surface area contributed by atoms with Gasteiger partial charge in [-0.3, -0.25) is 10.2 Å². The quantitative estimate of drug-likeness (QED) is 0.356. The van der Waals surface area contributed by atoms with Crippen LogP contribution in [0.25, 0.3) is 0 Å². The molecule has 3 amide bonds. The molecule has 6 heteroatoms. The van der Waals surface area contributed by atoms with Gasteiger partial charge in [-0.2, -0.15) is 0 Å². The van der Waals surface area contributed by atoms with E-state index in [9.17, 15) is 9.59 Å². The zero-order valence-corrected chi connectivity index (χ0v) is 10.7. The smallest absolute Gasteiger partial charge is 0.333 e. The Balaban J connectivity index is 2.06. The number of amides is 3. The van der Waals surface area contributed by atoms with Crippen LogP contribution in [0, 0.1) is 5.92 Å². The highest BCUT2D eigenvalue weighted by molar-refractivity contribution is 5.83. The number of hydrazine groups is 1. The van der Waals surface area contributed by atoms with Gasteiger partial charge >= 0.3 is 6.03 Å². The zero-order valence-electron chi connectivity index (χ0n) is 10.7. The third-order valence-electron chi connectivity index (χ3n) is 2.61. The Hall–Kier alpha value is -1.56. The minimum absolute atomic E-state index is 0.374. The number of ether oxygens (including phenoxy) is 1. The lowest BCUT2D eigenvalue weighted by Crippen LogP contribution is -2.50. The summed E-state index contributed by atoms with van der Waals surface area (Å²) >= 11 is 0. The van der Waals surface area contributed by atoms with Crippen molar-refractivity contribution >= 4 is 11.9 Å². The van der Waals surface area contributed by atoms with Crippen molar-refractivity contribution in [3.05, 3.63) is 12.7 Å². The van der Waals surface area contributed by atoms with Gasteiger partial charge in [0.2, 0.25) is 0 Å². The summed E-state index contributed by atoms with van der Waals surface area (Å²) in [6, 6.07) is -0.395. The number of hydrogen-bond donors (Lipinski definition) is 3. The Bertz CT molecular complexity index is 303. The molecule has 0 saturated heterocycles. The van der Waals surface area contributed by atoms with Gasteiger partial charge in [0.15, 0.2) is 0 Å². The highest BCUT2D eigenvalue weighted by Crippen LogP contribution is 2.27. The van der Waals surface area contributed by atoms with Gasteiger partial charge in [0, 0.05) is 6.54 Å². The molecule has 1 atom stereocenters. The molecule has 0 aromatic rings. The van der Waals surface area contributed by atoms with Crippen LogP contribution >= 0.6 is 0 Å². The molecule has 1 unspecified atom stereocenters. The van der Waals surface area contributed by atoms with Crippen LogP contribution < -0.4 is 16.2 Å². The maximum absolute atomic E-state index is 11.5. The summed E-state index contributed by atoms with van der Waals surface area (Å²) in [6.45, 7) is 6.28. The van der Waals surface area contributed by atoms with Crippen LogP contribution in [0.2, 0.25) is 0 Å². The molecule has 1 saturated carbocycles. The summed E-state index contributed by atoms with van der Waals surface area (Å²) in [5.41, 5.74) is 4.59. The van der Waals surface area contributed by atoms with E-state index in [4.69, 9.17) is 4.74 Å². The second-order valence-electron chi connectivity index (χ2n) is 4.36. The second-order valence-corrected chi connectivity index (χ2v) is 4.36. The molecule has 1 aliphatic rings. The molecule has 0 radical (unpaired) electrons. The van der Waals surface area contributed by atoms with Crippen LogP contribution in [0.4, 0.5) is 4.79 Å². The lowest BCUT2D eigenvalue weighted by molar-refractivity contribution is -0.132. The number of hydrogen-bond acceptors (Lipinski definition) is 3. The van der Waals surface area contributed by atoms with Crippen molar-refractivity contribution in [1.82, 2.24) is 16.2 Å². The number of rotatable bonds is 7. The van der Waals surface area contributed by atoms with Gasteiger partial charge in [-0.1, -0.05) is 6.08 Å². The summed E-state index contributed by atoms with van der Waals surface area (Å²) in [7, 11) is 0. The van der Waals surface area contributed by atoms with Crippen LogP contribution in [-0.4, -0.2) is 31.2 Å². The van der Waals surface area contributed by atoms with Crippen LogP contribution in [0.5, 0.6) is 0 Å². The Kier molecular flexibility index (Phi) is 6.21. The Morgan fingerprint density at radius 1 is 1.44 bits per heavy atom. The van der Waals surface area contributed by atoms with Gasteiger partial charge in [-0.05, 0) is 32.1 Å². The van der Waals surface area contributed by atoms with E-state index in [1.54, 1.807) is 13.0 Å². The standard InChI is InChI=1S/C12H21N3O3/c1-3-4-7-18-9(2)11(16)14-15-12(17)13-8-10-5-6-10/h3,9-10H,1,4-8H2,2H3,(H,14,16)(H2,13,15,17). The van der Waals surface area contributed by atoms with Crippen molar-refractivity contribution in [3.63, 3.8) is 0 Å². The van der Waals surface area contributed by atoms with Gasteiger partial charge in [0.1, 0.15) is 6.10 Å². The van der Waals surface area contributed by atoms with E-state index in [0.717, 1.165) is 0 Å². The number of urea groups is 1. The summed E-state index contributed by atoms with van der Waals surface area (Å²) < 4.78 is 5.23. The molecule has 1 rings (SSSR count). The van der Waals surface area contributed by atoms with Crippen molar-refractivity contribution in [2.24, 2.45) is 5.92 Å². The van der Waals surface area contributed by atoms with E-state index < -0.39 is 12.1 Å². The Morgan fingerprint density at radius 3 is 2.78 bits per heavy atom. The normalized spacial score (nSPS) is 15.6. The summed E-state index contributed by atoms with van der Waals surface area (Å²) in [6.07, 6.45) is 4.14. The van der Waals surface area contributed by atoms with Gasteiger partial charge < -0.3 is 10.1 Å².